The minimum absolute atomic E-state index is 0.801. The number of nitrogens with zero attached hydrogens (tertiary/aromatic N) is 2. The molecule has 4 aromatic carbocycles. The second kappa shape index (κ2) is 8.32. The van der Waals surface area contributed by atoms with Crippen molar-refractivity contribution in [2.75, 3.05) is 4.90 Å². The van der Waals surface area contributed by atoms with E-state index >= 15 is 0 Å². The van der Waals surface area contributed by atoms with Gasteiger partial charge in [0.25, 0.3) is 0 Å². The van der Waals surface area contributed by atoms with Crippen molar-refractivity contribution in [1.82, 2.24) is 0 Å². The van der Waals surface area contributed by atoms with E-state index in [4.69, 9.17) is 4.99 Å². The van der Waals surface area contributed by atoms with Crippen LogP contribution in [0.1, 0.15) is 29.2 Å². The number of rotatable bonds is 4. The van der Waals surface area contributed by atoms with Crippen molar-refractivity contribution in [2.45, 2.75) is 20.4 Å². The van der Waals surface area contributed by atoms with Crippen LogP contribution in [0.2, 0.25) is 0 Å². The first kappa shape index (κ1) is 20.0. The lowest BCUT2D eigenvalue weighted by Gasteiger charge is -2.32. The van der Waals surface area contributed by atoms with Crippen LogP contribution < -0.4 is 4.90 Å². The van der Waals surface area contributed by atoms with Gasteiger partial charge in [-0.3, -0.25) is 0 Å². The Bertz CT molecular complexity index is 1350. The van der Waals surface area contributed by atoms with Gasteiger partial charge >= 0.3 is 0 Å². The third kappa shape index (κ3) is 3.76. The predicted octanol–water partition coefficient (Wildman–Crippen LogP) is 7.79. The summed E-state index contributed by atoms with van der Waals surface area (Å²) in [7, 11) is 0. The lowest BCUT2D eigenvalue weighted by molar-refractivity contribution is 0.971. The van der Waals surface area contributed by atoms with Crippen LogP contribution in [0, 0.1) is 6.92 Å². The Balaban J connectivity index is 1.64. The summed E-state index contributed by atoms with van der Waals surface area (Å²) in [6, 6.07) is 34.2. The molecule has 2 heteroatoms. The molecule has 0 saturated heterocycles. The van der Waals surface area contributed by atoms with E-state index in [1.165, 1.54) is 33.5 Å². The van der Waals surface area contributed by atoms with Gasteiger partial charge in [0.2, 0.25) is 0 Å². The molecule has 1 heterocycles. The first-order valence-corrected chi connectivity index (χ1v) is 11.0. The number of allylic oxidation sites excluding steroid dienone is 1. The molecule has 0 aromatic heterocycles. The molecule has 0 aliphatic carbocycles. The van der Waals surface area contributed by atoms with Crippen molar-refractivity contribution in [2.24, 2.45) is 4.99 Å². The topological polar surface area (TPSA) is 15.6 Å². The van der Waals surface area contributed by atoms with Crippen LogP contribution >= 0.6 is 0 Å². The second-order valence-corrected chi connectivity index (χ2v) is 8.38. The molecular formula is C30H26N2. The van der Waals surface area contributed by atoms with Crippen LogP contribution in [0.3, 0.4) is 0 Å². The lowest BCUT2D eigenvalue weighted by Crippen LogP contribution is -2.34. The fourth-order valence-corrected chi connectivity index (χ4v) is 4.26. The van der Waals surface area contributed by atoms with Crippen molar-refractivity contribution in [3.63, 3.8) is 0 Å². The van der Waals surface area contributed by atoms with Crippen LogP contribution in [0.15, 0.2) is 109 Å². The maximum atomic E-state index is 5.12. The van der Waals surface area contributed by atoms with E-state index in [-0.39, 0.29) is 0 Å². The quantitative estimate of drug-likeness (QED) is 0.333. The molecule has 0 N–H and O–H groups in total. The lowest BCUT2D eigenvalue weighted by atomic mass is 9.98. The molecule has 4 aromatic rings. The van der Waals surface area contributed by atoms with Gasteiger partial charge in [-0.15, -0.1) is 0 Å². The summed E-state index contributed by atoms with van der Waals surface area (Å²) in [6.07, 6.45) is 0. The summed E-state index contributed by atoms with van der Waals surface area (Å²) in [4.78, 5) is 7.46. The van der Waals surface area contributed by atoms with Gasteiger partial charge in [0.1, 0.15) is 5.84 Å². The van der Waals surface area contributed by atoms with Crippen LogP contribution in [-0.4, -0.2) is 5.84 Å². The van der Waals surface area contributed by atoms with Gasteiger partial charge in [-0.1, -0.05) is 84.9 Å². The maximum Gasteiger partial charge on any atom is 0.141 e. The summed E-state index contributed by atoms with van der Waals surface area (Å²) < 4.78 is 0. The zero-order chi connectivity index (χ0) is 22.1. The van der Waals surface area contributed by atoms with Gasteiger partial charge in [-0.2, -0.15) is 0 Å². The molecule has 2 nitrogen and oxygen atoms in total. The van der Waals surface area contributed by atoms with Gasteiger partial charge in [0.15, 0.2) is 0 Å². The zero-order valence-corrected chi connectivity index (χ0v) is 18.5. The molecule has 0 saturated carbocycles. The van der Waals surface area contributed by atoms with Crippen molar-refractivity contribution in [3.05, 3.63) is 126 Å². The first-order valence-electron chi connectivity index (χ1n) is 11.0. The third-order valence-corrected chi connectivity index (χ3v) is 6.02. The van der Waals surface area contributed by atoms with Crippen molar-refractivity contribution >= 4 is 22.8 Å². The van der Waals surface area contributed by atoms with E-state index in [9.17, 15) is 0 Å². The third-order valence-electron chi connectivity index (χ3n) is 6.02. The fraction of sp³-hybridized carbons (Fsp3) is 0.100. The van der Waals surface area contributed by atoms with E-state index in [1.807, 2.05) is 6.92 Å². The molecule has 1 aliphatic rings. The molecule has 0 spiro atoms. The number of hydrogen-bond acceptors (Lipinski definition) is 2. The number of aliphatic imine (C=N–C) groups is 1. The summed E-state index contributed by atoms with van der Waals surface area (Å²) in [6.45, 7) is 9.10. The van der Waals surface area contributed by atoms with E-state index in [0.29, 0.717) is 0 Å². The Kier molecular flexibility index (Phi) is 5.20. The Labute approximate surface area is 190 Å². The van der Waals surface area contributed by atoms with Crippen LogP contribution in [0.4, 0.5) is 11.4 Å². The summed E-state index contributed by atoms with van der Waals surface area (Å²) >= 11 is 0. The van der Waals surface area contributed by atoms with Crippen molar-refractivity contribution in [1.29, 1.82) is 0 Å². The van der Waals surface area contributed by atoms with Gasteiger partial charge in [-0.25, -0.2) is 4.99 Å². The van der Waals surface area contributed by atoms with Gasteiger partial charge in [-0.05, 0) is 65.9 Å². The highest BCUT2D eigenvalue weighted by molar-refractivity contribution is 6.12. The van der Waals surface area contributed by atoms with E-state index < -0.39 is 0 Å². The first-order chi connectivity index (χ1) is 15.6. The molecule has 32 heavy (non-hydrogen) atoms. The van der Waals surface area contributed by atoms with E-state index in [1.54, 1.807) is 0 Å². The average Bonchev–Trinajstić information content (AvgIpc) is 2.84. The molecule has 0 fully saturated rings. The molecule has 5 rings (SSSR count). The summed E-state index contributed by atoms with van der Waals surface area (Å²) in [5, 5.41) is 0. The van der Waals surface area contributed by atoms with Crippen molar-refractivity contribution in [3.8, 4) is 11.1 Å². The Hall–Kier alpha value is -3.91. The van der Waals surface area contributed by atoms with Crippen LogP contribution in [0.5, 0.6) is 0 Å². The predicted molar refractivity (Wildman–Crippen MR) is 137 cm³/mol. The Morgan fingerprint density at radius 2 is 1.47 bits per heavy atom. The van der Waals surface area contributed by atoms with E-state index in [0.717, 1.165) is 29.2 Å². The molecule has 0 amide bonds. The van der Waals surface area contributed by atoms with E-state index in [2.05, 4.69) is 115 Å². The SMILES string of the molecule is C=C(C)c1cccc(-c2cccc(C3=Nc4ccccc4CN3c3ccccc3C)c2)c1. The molecule has 1 aliphatic heterocycles. The van der Waals surface area contributed by atoms with Crippen molar-refractivity contribution < 1.29 is 0 Å². The molecular weight excluding hydrogens is 388 g/mol. The largest absolute Gasteiger partial charge is 0.321 e. The number of benzene rings is 4. The number of hydrogen-bond donors (Lipinski definition) is 0. The molecule has 0 atom stereocenters. The molecule has 0 radical (unpaired) electrons. The molecule has 0 bridgehead atoms. The van der Waals surface area contributed by atoms with Gasteiger partial charge in [0, 0.05) is 11.3 Å². The summed E-state index contributed by atoms with van der Waals surface area (Å²) in [5.74, 6) is 0.982. The highest BCUT2D eigenvalue weighted by Crippen LogP contribution is 2.34. The number of amidine groups is 1. The number of anilines is 1. The monoisotopic (exact) mass is 414 g/mol. The standard InChI is InChI=1S/C30H26N2/c1-21(2)23-12-8-13-24(18-23)25-14-9-15-26(19-25)30-31-28-16-6-5-11-27(28)20-32(30)29-17-7-4-10-22(29)3/h4-19H,1,20H2,2-3H3. The highest BCUT2D eigenvalue weighted by atomic mass is 15.2. The number of aryl methyl sites for hydroxylation is 1. The molecule has 156 valence electrons. The second-order valence-electron chi connectivity index (χ2n) is 8.38. The zero-order valence-electron chi connectivity index (χ0n) is 18.5. The number of fused-ring (bicyclic) bond motifs is 1. The maximum absolute atomic E-state index is 5.12. The Morgan fingerprint density at radius 1 is 0.781 bits per heavy atom. The minimum Gasteiger partial charge on any atom is -0.321 e. The van der Waals surface area contributed by atoms with Gasteiger partial charge < -0.3 is 4.90 Å². The average molecular weight is 415 g/mol. The van der Waals surface area contributed by atoms with Crippen LogP contribution in [-0.2, 0) is 6.54 Å². The highest BCUT2D eigenvalue weighted by Gasteiger charge is 2.23. The van der Waals surface area contributed by atoms with Gasteiger partial charge in [0.05, 0.1) is 12.2 Å². The normalized spacial score (nSPS) is 12.8. The Morgan fingerprint density at radius 3 is 2.28 bits per heavy atom. The summed E-state index contributed by atoms with van der Waals surface area (Å²) in [5.41, 5.74) is 10.4. The fourth-order valence-electron chi connectivity index (χ4n) is 4.26. The smallest absolute Gasteiger partial charge is 0.141 e. The minimum atomic E-state index is 0.801. The number of para-hydroxylation sites is 2. The van der Waals surface area contributed by atoms with Crippen LogP contribution in [0.25, 0.3) is 16.7 Å². The molecule has 0 unspecified atom stereocenters.